The van der Waals surface area contributed by atoms with Crippen molar-refractivity contribution in [1.29, 1.82) is 0 Å². The van der Waals surface area contributed by atoms with Crippen molar-refractivity contribution in [3.05, 3.63) is 35.4 Å². The van der Waals surface area contributed by atoms with Crippen molar-refractivity contribution in [2.24, 2.45) is 11.1 Å². The molecular formula is C15H21N3O2. The van der Waals surface area contributed by atoms with Gasteiger partial charge in [0.2, 0.25) is 5.91 Å². The Morgan fingerprint density at radius 1 is 1.30 bits per heavy atom. The van der Waals surface area contributed by atoms with E-state index in [1.54, 1.807) is 31.1 Å². The highest BCUT2D eigenvalue weighted by Crippen LogP contribution is 2.46. The largest absolute Gasteiger partial charge is 0.355 e. The smallest absolute Gasteiger partial charge is 0.251 e. The lowest BCUT2D eigenvalue weighted by molar-refractivity contribution is -0.135. The van der Waals surface area contributed by atoms with Crippen LogP contribution in [0.4, 0.5) is 0 Å². The molecule has 0 aromatic heterocycles. The fourth-order valence-electron chi connectivity index (χ4n) is 2.31. The highest BCUT2D eigenvalue weighted by atomic mass is 16.2. The van der Waals surface area contributed by atoms with Crippen LogP contribution in [0.5, 0.6) is 0 Å². The molecule has 108 valence electrons. The van der Waals surface area contributed by atoms with Crippen LogP contribution >= 0.6 is 0 Å². The standard InChI is InChI=1S/C15H21N3O2/c1-17-13(19)12-5-3-11(4-6-12)9-18(2)14(20)15(10-16)7-8-15/h3-6H,7-10,16H2,1-2H3,(H,17,19). The van der Waals surface area contributed by atoms with E-state index in [9.17, 15) is 9.59 Å². The summed E-state index contributed by atoms with van der Waals surface area (Å²) in [5.74, 6) is 0.0106. The quantitative estimate of drug-likeness (QED) is 0.832. The zero-order valence-electron chi connectivity index (χ0n) is 12.0. The molecule has 3 N–H and O–H groups in total. The van der Waals surface area contributed by atoms with Crippen LogP contribution in [0, 0.1) is 5.41 Å². The van der Waals surface area contributed by atoms with Crippen molar-refractivity contribution >= 4 is 11.8 Å². The third kappa shape index (κ3) is 2.82. The number of carbonyl (C=O) groups is 2. The Morgan fingerprint density at radius 3 is 2.35 bits per heavy atom. The third-order valence-corrected chi connectivity index (χ3v) is 3.91. The van der Waals surface area contributed by atoms with Crippen LogP contribution in [0.15, 0.2) is 24.3 Å². The summed E-state index contributed by atoms with van der Waals surface area (Å²) in [6.45, 7) is 0.959. The molecule has 0 bridgehead atoms. The zero-order valence-corrected chi connectivity index (χ0v) is 12.0. The molecule has 0 aliphatic heterocycles. The fourth-order valence-corrected chi connectivity index (χ4v) is 2.31. The molecule has 5 nitrogen and oxygen atoms in total. The SMILES string of the molecule is CNC(=O)c1ccc(CN(C)C(=O)C2(CN)CC2)cc1. The predicted molar refractivity (Wildman–Crippen MR) is 77.0 cm³/mol. The van der Waals surface area contributed by atoms with E-state index in [1.807, 2.05) is 12.1 Å². The van der Waals surface area contributed by atoms with Crippen molar-refractivity contribution in [3.8, 4) is 0 Å². The lowest BCUT2D eigenvalue weighted by Gasteiger charge is -2.22. The highest BCUT2D eigenvalue weighted by Gasteiger charge is 2.49. The van der Waals surface area contributed by atoms with Crippen LogP contribution in [0.3, 0.4) is 0 Å². The predicted octanol–water partition coefficient (Wildman–Crippen LogP) is 0.744. The lowest BCUT2D eigenvalue weighted by atomic mass is 10.1. The van der Waals surface area contributed by atoms with Crippen molar-refractivity contribution in [3.63, 3.8) is 0 Å². The van der Waals surface area contributed by atoms with E-state index >= 15 is 0 Å². The van der Waals surface area contributed by atoms with E-state index in [1.165, 1.54) is 0 Å². The highest BCUT2D eigenvalue weighted by molar-refractivity contribution is 5.94. The topological polar surface area (TPSA) is 75.4 Å². The number of benzene rings is 1. The number of hydrogen-bond acceptors (Lipinski definition) is 3. The Kier molecular flexibility index (Phi) is 4.09. The molecule has 5 heteroatoms. The summed E-state index contributed by atoms with van der Waals surface area (Å²) in [5.41, 5.74) is 6.99. The first-order chi connectivity index (χ1) is 9.52. The van der Waals surface area contributed by atoms with Gasteiger partial charge in [-0.05, 0) is 30.5 Å². The summed E-state index contributed by atoms with van der Waals surface area (Å²) < 4.78 is 0. The molecule has 2 amide bonds. The van der Waals surface area contributed by atoms with Crippen LogP contribution in [-0.4, -0.2) is 37.4 Å². The number of amides is 2. The van der Waals surface area contributed by atoms with Gasteiger partial charge in [0.1, 0.15) is 0 Å². The summed E-state index contributed by atoms with van der Waals surface area (Å²) >= 11 is 0. The molecule has 1 aromatic carbocycles. The van der Waals surface area contributed by atoms with Gasteiger partial charge in [-0.15, -0.1) is 0 Å². The summed E-state index contributed by atoms with van der Waals surface area (Å²) in [6, 6.07) is 7.28. The molecular weight excluding hydrogens is 254 g/mol. The first kappa shape index (κ1) is 14.5. The minimum Gasteiger partial charge on any atom is -0.355 e. The van der Waals surface area contributed by atoms with E-state index in [-0.39, 0.29) is 17.2 Å². The van der Waals surface area contributed by atoms with Gasteiger partial charge >= 0.3 is 0 Å². The molecule has 0 unspecified atom stereocenters. The van der Waals surface area contributed by atoms with Crippen molar-refractivity contribution < 1.29 is 9.59 Å². The molecule has 1 saturated carbocycles. The van der Waals surface area contributed by atoms with Gasteiger partial charge < -0.3 is 16.0 Å². The normalized spacial score (nSPS) is 15.6. The maximum absolute atomic E-state index is 12.3. The number of carbonyl (C=O) groups excluding carboxylic acids is 2. The third-order valence-electron chi connectivity index (χ3n) is 3.91. The van der Waals surface area contributed by atoms with Crippen molar-refractivity contribution in [1.82, 2.24) is 10.2 Å². The second-order valence-electron chi connectivity index (χ2n) is 5.42. The Morgan fingerprint density at radius 2 is 1.90 bits per heavy atom. The molecule has 0 saturated heterocycles. The second-order valence-corrected chi connectivity index (χ2v) is 5.42. The minimum atomic E-state index is -0.309. The molecule has 1 aliphatic carbocycles. The molecule has 0 radical (unpaired) electrons. The number of nitrogens with zero attached hydrogens (tertiary/aromatic N) is 1. The van der Waals surface area contributed by atoms with E-state index in [4.69, 9.17) is 5.73 Å². The monoisotopic (exact) mass is 275 g/mol. The average molecular weight is 275 g/mol. The number of nitrogens with two attached hydrogens (primary N) is 1. The van der Waals surface area contributed by atoms with Gasteiger partial charge in [-0.1, -0.05) is 12.1 Å². The summed E-state index contributed by atoms with van der Waals surface area (Å²) in [7, 11) is 3.40. The van der Waals surface area contributed by atoms with Gasteiger partial charge in [-0.2, -0.15) is 0 Å². The van der Waals surface area contributed by atoms with Gasteiger partial charge in [0.25, 0.3) is 5.91 Å². The zero-order chi connectivity index (χ0) is 14.8. The Balaban J connectivity index is 1.99. The summed E-state index contributed by atoms with van der Waals surface area (Å²) in [4.78, 5) is 25.4. The van der Waals surface area contributed by atoms with E-state index in [0.717, 1.165) is 18.4 Å². The average Bonchev–Trinajstić information content (AvgIpc) is 3.27. The van der Waals surface area contributed by atoms with Gasteiger partial charge in [0, 0.05) is 32.7 Å². The molecule has 20 heavy (non-hydrogen) atoms. The van der Waals surface area contributed by atoms with Crippen LogP contribution in [-0.2, 0) is 11.3 Å². The Labute approximate surface area is 119 Å². The summed E-state index contributed by atoms with van der Waals surface area (Å²) in [5, 5.41) is 2.58. The first-order valence-corrected chi connectivity index (χ1v) is 6.79. The van der Waals surface area contributed by atoms with Gasteiger partial charge in [-0.3, -0.25) is 9.59 Å². The van der Waals surface area contributed by atoms with Crippen molar-refractivity contribution in [2.75, 3.05) is 20.6 Å². The molecule has 0 spiro atoms. The minimum absolute atomic E-state index is 0.110. The van der Waals surface area contributed by atoms with Crippen LogP contribution in [0.2, 0.25) is 0 Å². The Bertz CT molecular complexity index is 506. The summed E-state index contributed by atoms with van der Waals surface area (Å²) in [6.07, 6.45) is 1.78. The molecule has 1 aliphatic rings. The fraction of sp³-hybridized carbons (Fsp3) is 0.467. The van der Waals surface area contributed by atoms with Crippen LogP contribution in [0.25, 0.3) is 0 Å². The number of nitrogens with one attached hydrogen (secondary N) is 1. The molecule has 1 fully saturated rings. The van der Waals surface area contributed by atoms with Gasteiger partial charge in [0.15, 0.2) is 0 Å². The first-order valence-electron chi connectivity index (χ1n) is 6.79. The van der Waals surface area contributed by atoms with Gasteiger partial charge in [-0.25, -0.2) is 0 Å². The number of hydrogen-bond donors (Lipinski definition) is 2. The maximum Gasteiger partial charge on any atom is 0.251 e. The molecule has 0 heterocycles. The maximum atomic E-state index is 12.3. The molecule has 2 rings (SSSR count). The van der Waals surface area contributed by atoms with E-state index < -0.39 is 0 Å². The second kappa shape index (κ2) is 5.63. The van der Waals surface area contributed by atoms with Gasteiger partial charge in [0.05, 0.1) is 5.41 Å². The van der Waals surface area contributed by atoms with Crippen LogP contribution in [0.1, 0.15) is 28.8 Å². The van der Waals surface area contributed by atoms with E-state index in [2.05, 4.69) is 5.32 Å². The number of rotatable bonds is 5. The van der Waals surface area contributed by atoms with Crippen molar-refractivity contribution in [2.45, 2.75) is 19.4 Å². The van der Waals surface area contributed by atoms with Crippen LogP contribution < -0.4 is 11.1 Å². The molecule has 1 aromatic rings. The van der Waals surface area contributed by atoms with E-state index in [0.29, 0.717) is 18.7 Å². The lowest BCUT2D eigenvalue weighted by Crippen LogP contribution is -2.37. The molecule has 0 atom stereocenters. The Hall–Kier alpha value is -1.88.